The highest BCUT2D eigenvalue weighted by molar-refractivity contribution is 9.10. The monoisotopic (exact) mass is 333 g/mol. The molecule has 0 fully saturated rings. The molecule has 1 aromatic heterocycles. The molecule has 0 amide bonds. The van der Waals surface area contributed by atoms with E-state index in [0.717, 1.165) is 33.4 Å². The zero-order valence-electron chi connectivity index (χ0n) is 12.2. The van der Waals surface area contributed by atoms with E-state index in [1.54, 1.807) is 0 Å². The zero-order valence-corrected chi connectivity index (χ0v) is 13.8. The van der Waals surface area contributed by atoms with E-state index in [1.165, 1.54) is 16.2 Å². The SMILES string of the molecule is Cc1c(C[NH+](C)C)c2c(n1C)C(=O)c1ccc(Br)cc1-2. The molecule has 3 nitrogen and oxygen atoms in total. The highest BCUT2D eigenvalue weighted by atomic mass is 79.9. The molecule has 2 aromatic rings. The Hall–Kier alpha value is -1.39. The zero-order chi connectivity index (χ0) is 14.6. The van der Waals surface area contributed by atoms with Crippen molar-refractivity contribution in [2.45, 2.75) is 13.5 Å². The summed E-state index contributed by atoms with van der Waals surface area (Å²) < 4.78 is 3.06. The van der Waals surface area contributed by atoms with Crippen molar-refractivity contribution in [2.75, 3.05) is 14.1 Å². The number of fused-ring (bicyclic) bond motifs is 3. The van der Waals surface area contributed by atoms with Crippen LogP contribution in [0, 0.1) is 6.92 Å². The van der Waals surface area contributed by atoms with Gasteiger partial charge in [-0.05, 0) is 30.7 Å². The molecular weight excluding hydrogens is 316 g/mol. The molecule has 0 atom stereocenters. The van der Waals surface area contributed by atoms with Gasteiger partial charge in [0.2, 0.25) is 5.78 Å². The van der Waals surface area contributed by atoms with Gasteiger partial charge in [0.05, 0.1) is 19.8 Å². The van der Waals surface area contributed by atoms with Crippen molar-refractivity contribution in [3.05, 3.63) is 45.2 Å². The minimum atomic E-state index is 0.146. The molecule has 20 heavy (non-hydrogen) atoms. The summed E-state index contributed by atoms with van der Waals surface area (Å²) in [5.74, 6) is 0.146. The predicted molar refractivity (Wildman–Crippen MR) is 83.2 cm³/mol. The summed E-state index contributed by atoms with van der Waals surface area (Å²) in [6.45, 7) is 3.02. The fraction of sp³-hybridized carbons (Fsp3) is 0.312. The minimum absolute atomic E-state index is 0.146. The Bertz CT molecular complexity index is 729. The maximum atomic E-state index is 12.6. The van der Waals surface area contributed by atoms with Crippen molar-refractivity contribution in [3.8, 4) is 11.1 Å². The molecule has 0 saturated heterocycles. The van der Waals surface area contributed by atoms with Gasteiger partial charge in [-0.15, -0.1) is 0 Å². The van der Waals surface area contributed by atoms with Gasteiger partial charge in [0.15, 0.2) is 0 Å². The van der Waals surface area contributed by atoms with Crippen LogP contribution in [0.1, 0.15) is 27.3 Å². The molecule has 104 valence electrons. The van der Waals surface area contributed by atoms with Crippen molar-refractivity contribution in [1.29, 1.82) is 0 Å². The van der Waals surface area contributed by atoms with E-state index < -0.39 is 0 Å². The summed E-state index contributed by atoms with van der Waals surface area (Å²) >= 11 is 3.51. The molecule has 3 rings (SSSR count). The van der Waals surface area contributed by atoms with E-state index >= 15 is 0 Å². The first kappa shape index (κ1) is 13.6. The second-order valence-electron chi connectivity index (χ2n) is 5.75. The highest BCUT2D eigenvalue weighted by Crippen LogP contribution is 2.42. The first-order valence-electron chi connectivity index (χ1n) is 6.73. The van der Waals surface area contributed by atoms with Crippen molar-refractivity contribution < 1.29 is 9.69 Å². The molecule has 0 radical (unpaired) electrons. The Balaban J connectivity index is 2.33. The van der Waals surface area contributed by atoms with Gasteiger partial charge in [-0.3, -0.25) is 4.79 Å². The second kappa shape index (κ2) is 4.57. The highest BCUT2D eigenvalue weighted by Gasteiger charge is 2.34. The van der Waals surface area contributed by atoms with Crippen LogP contribution in [0.3, 0.4) is 0 Å². The van der Waals surface area contributed by atoms with Gasteiger partial charge in [0.25, 0.3) is 0 Å². The average molecular weight is 334 g/mol. The van der Waals surface area contributed by atoms with Gasteiger partial charge in [0.1, 0.15) is 6.54 Å². The summed E-state index contributed by atoms with van der Waals surface area (Å²) in [6.07, 6.45) is 0. The number of aromatic nitrogens is 1. The Kier molecular flexibility index (Phi) is 3.10. The maximum Gasteiger partial charge on any atom is 0.210 e. The Morgan fingerprint density at radius 3 is 2.60 bits per heavy atom. The number of hydrogen-bond acceptors (Lipinski definition) is 1. The third kappa shape index (κ3) is 1.79. The molecule has 0 unspecified atom stereocenters. The predicted octanol–water partition coefficient (Wildman–Crippen LogP) is 1.95. The van der Waals surface area contributed by atoms with E-state index in [-0.39, 0.29) is 5.78 Å². The van der Waals surface area contributed by atoms with Gasteiger partial charge >= 0.3 is 0 Å². The summed E-state index contributed by atoms with van der Waals surface area (Å²) in [5.41, 5.74) is 6.34. The number of nitrogens with one attached hydrogen (secondary N) is 1. The smallest absolute Gasteiger partial charge is 0.210 e. The fourth-order valence-corrected chi connectivity index (χ4v) is 3.40. The molecule has 0 bridgehead atoms. The molecular formula is C16H18BrN2O+. The quantitative estimate of drug-likeness (QED) is 0.762. The van der Waals surface area contributed by atoms with Gasteiger partial charge < -0.3 is 9.47 Å². The van der Waals surface area contributed by atoms with Crippen LogP contribution in [0.2, 0.25) is 0 Å². The standard InChI is InChI=1S/C16H17BrN2O/c1-9-13(8-18(2)3)14-12-7-10(17)5-6-11(12)16(20)15(14)19(9)4/h5-7H,8H2,1-4H3/p+1. The first-order valence-corrected chi connectivity index (χ1v) is 7.53. The average Bonchev–Trinajstić information content (AvgIpc) is 2.79. The lowest BCUT2D eigenvalue weighted by molar-refractivity contribution is -0.872. The van der Waals surface area contributed by atoms with Gasteiger partial charge in [-0.2, -0.15) is 0 Å². The van der Waals surface area contributed by atoms with E-state index in [2.05, 4.69) is 43.0 Å². The van der Waals surface area contributed by atoms with Crippen molar-refractivity contribution in [2.24, 2.45) is 7.05 Å². The van der Waals surface area contributed by atoms with E-state index in [4.69, 9.17) is 0 Å². The van der Waals surface area contributed by atoms with Crippen LogP contribution in [0.25, 0.3) is 11.1 Å². The van der Waals surface area contributed by atoms with Gasteiger partial charge in [-0.1, -0.05) is 15.9 Å². The summed E-state index contributed by atoms with van der Waals surface area (Å²) in [4.78, 5) is 14.0. The summed E-state index contributed by atoms with van der Waals surface area (Å²) in [5, 5.41) is 0. The number of halogens is 1. The Labute approximate surface area is 127 Å². The number of carbonyl (C=O) groups excluding carboxylic acids is 1. The fourth-order valence-electron chi connectivity index (χ4n) is 3.04. The number of nitrogens with zero attached hydrogens (tertiary/aromatic N) is 1. The van der Waals surface area contributed by atoms with Gasteiger partial charge in [-0.25, -0.2) is 0 Å². The lowest BCUT2D eigenvalue weighted by atomic mass is 10.0. The summed E-state index contributed by atoms with van der Waals surface area (Å²) in [7, 11) is 6.26. The van der Waals surface area contributed by atoms with Crippen LogP contribution in [-0.2, 0) is 13.6 Å². The molecule has 1 heterocycles. The molecule has 0 spiro atoms. The van der Waals surface area contributed by atoms with Crippen LogP contribution in [0.5, 0.6) is 0 Å². The summed E-state index contributed by atoms with van der Waals surface area (Å²) in [6, 6.07) is 5.92. The minimum Gasteiger partial charge on any atom is -0.344 e. The van der Waals surface area contributed by atoms with Crippen molar-refractivity contribution >= 4 is 21.7 Å². The van der Waals surface area contributed by atoms with Crippen LogP contribution < -0.4 is 4.90 Å². The second-order valence-corrected chi connectivity index (χ2v) is 6.67. The topological polar surface area (TPSA) is 26.4 Å². The van der Waals surface area contributed by atoms with Crippen LogP contribution >= 0.6 is 15.9 Å². The lowest BCUT2D eigenvalue weighted by Crippen LogP contribution is -3.04. The normalized spacial score (nSPS) is 13.0. The van der Waals surface area contributed by atoms with Crippen molar-refractivity contribution in [1.82, 2.24) is 4.57 Å². The van der Waals surface area contributed by atoms with Crippen molar-refractivity contribution in [3.63, 3.8) is 0 Å². The number of ketones is 1. The number of benzene rings is 1. The maximum absolute atomic E-state index is 12.6. The van der Waals surface area contributed by atoms with Crippen LogP contribution in [-0.4, -0.2) is 24.4 Å². The molecule has 1 aromatic carbocycles. The van der Waals surface area contributed by atoms with E-state index in [1.807, 2.05) is 23.7 Å². The molecule has 1 aliphatic rings. The largest absolute Gasteiger partial charge is 0.344 e. The van der Waals surface area contributed by atoms with Crippen LogP contribution in [0.15, 0.2) is 22.7 Å². The molecule has 1 N–H and O–H groups in total. The van der Waals surface area contributed by atoms with Crippen LogP contribution in [0.4, 0.5) is 0 Å². The molecule has 1 aliphatic carbocycles. The van der Waals surface area contributed by atoms with E-state index in [9.17, 15) is 4.79 Å². The molecule has 0 aliphatic heterocycles. The molecule has 4 heteroatoms. The Morgan fingerprint density at radius 1 is 1.25 bits per heavy atom. The van der Waals surface area contributed by atoms with E-state index in [0.29, 0.717) is 0 Å². The first-order chi connectivity index (χ1) is 9.41. The molecule has 0 saturated carbocycles. The third-order valence-corrected chi connectivity index (χ3v) is 4.55. The third-order valence-electron chi connectivity index (χ3n) is 4.05. The Morgan fingerprint density at radius 2 is 1.95 bits per heavy atom. The number of quaternary nitrogens is 1. The van der Waals surface area contributed by atoms with Gasteiger partial charge in [0, 0.05) is 33.9 Å². The lowest BCUT2D eigenvalue weighted by Gasteiger charge is -2.10. The number of hydrogen-bond donors (Lipinski definition) is 1. The number of carbonyl (C=O) groups is 1. The number of rotatable bonds is 2.